The number of alkyl halides is 3. The molecule has 0 amide bonds. The summed E-state index contributed by atoms with van der Waals surface area (Å²) in [5, 5.41) is 0. The van der Waals surface area contributed by atoms with Crippen molar-refractivity contribution in [3.8, 4) is 0 Å². The van der Waals surface area contributed by atoms with Crippen molar-refractivity contribution in [3.05, 3.63) is 30.1 Å². The van der Waals surface area contributed by atoms with E-state index in [1.165, 1.54) is 77.0 Å². The summed E-state index contributed by atoms with van der Waals surface area (Å²) < 4.78 is 40.9. The molecule has 0 aliphatic heterocycles. The molecular formula is C26H42F3N3. The fourth-order valence-corrected chi connectivity index (χ4v) is 4.23. The highest BCUT2D eigenvalue weighted by Crippen LogP contribution is 2.31. The van der Waals surface area contributed by atoms with Crippen LogP contribution in [0.1, 0.15) is 96.5 Å². The molecule has 0 atom stereocenters. The first kappa shape index (κ1) is 26.7. The van der Waals surface area contributed by atoms with Gasteiger partial charge >= 0.3 is 6.18 Å². The number of hydrogen-bond donors (Lipinski definition) is 0. The lowest BCUT2D eigenvalue weighted by Crippen LogP contribution is -2.29. The van der Waals surface area contributed by atoms with Crippen LogP contribution in [0, 0.1) is 0 Å². The van der Waals surface area contributed by atoms with Gasteiger partial charge in [0, 0.05) is 13.1 Å². The van der Waals surface area contributed by atoms with Crippen molar-refractivity contribution in [2.45, 2.75) is 104 Å². The Labute approximate surface area is 192 Å². The van der Waals surface area contributed by atoms with Gasteiger partial charge in [-0.05, 0) is 44.1 Å². The molecule has 0 unspecified atom stereocenters. The molecular weight excluding hydrogens is 411 g/mol. The van der Waals surface area contributed by atoms with E-state index < -0.39 is 11.7 Å². The molecule has 0 aliphatic rings. The number of hydrogen-bond acceptors (Lipinski definition) is 2. The summed E-state index contributed by atoms with van der Waals surface area (Å²) in [5.74, 6) is 0. The van der Waals surface area contributed by atoms with Gasteiger partial charge in [-0.3, -0.25) is 0 Å². The normalized spacial score (nSPS) is 12.3. The summed E-state index contributed by atoms with van der Waals surface area (Å²) in [6, 6.07) is 3.86. The van der Waals surface area contributed by atoms with Crippen molar-refractivity contribution >= 4 is 11.0 Å². The van der Waals surface area contributed by atoms with Gasteiger partial charge in [-0.25, -0.2) is 4.98 Å². The number of halogens is 3. The van der Waals surface area contributed by atoms with Crippen LogP contribution in [0.25, 0.3) is 11.0 Å². The lowest BCUT2D eigenvalue weighted by molar-refractivity contribution is -0.137. The molecule has 3 nitrogen and oxygen atoms in total. The Hall–Kier alpha value is -1.56. The van der Waals surface area contributed by atoms with E-state index in [-0.39, 0.29) is 0 Å². The summed E-state index contributed by atoms with van der Waals surface area (Å²) in [4.78, 5) is 6.76. The molecule has 0 saturated carbocycles. The Morgan fingerprint density at radius 2 is 1.34 bits per heavy atom. The highest BCUT2D eigenvalue weighted by molar-refractivity contribution is 5.76. The minimum Gasteiger partial charge on any atom is -0.329 e. The molecule has 1 heterocycles. The smallest absolute Gasteiger partial charge is 0.329 e. The van der Waals surface area contributed by atoms with Crippen LogP contribution < -0.4 is 0 Å². The van der Waals surface area contributed by atoms with Crippen LogP contribution in [0.3, 0.4) is 0 Å². The molecule has 1 aromatic carbocycles. The maximum absolute atomic E-state index is 13.0. The molecule has 2 aromatic rings. The highest BCUT2D eigenvalue weighted by Gasteiger charge is 2.30. The molecule has 0 aliphatic carbocycles. The van der Waals surface area contributed by atoms with Gasteiger partial charge in [0.2, 0.25) is 0 Å². The average molecular weight is 454 g/mol. The van der Waals surface area contributed by atoms with Gasteiger partial charge in [0.25, 0.3) is 0 Å². The number of nitrogens with zero attached hydrogens (tertiary/aromatic N) is 3. The van der Waals surface area contributed by atoms with Gasteiger partial charge < -0.3 is 9.47 Å². The van der Waals surface area contributed by atoms with Gasteiger partial charge in [-0.2, -0.15) is 13.2 Å². The molecule has 2 rings (SSSR count). The van der Waals surface area contributed by atoms with Crippen molar-refractivity contribution in [1.29, 1.82) is 0 Å². The van der Waals surface area contributed by atoms with E-state index in [1.54, 1.807) is 12.4 Å². The monoisotopic (exact) mass is 453 g/mol. The molecule has 0 bridgehead atoms. The van der Waals surface area contributed by atoms with Crippen LogP contribution in [-0.2, 0) is 12.7 Å². The zero-order valence-electron chi connectivity index (χ0n) is 20.1. The van der Waals surface area contributed by atoms with Gasteiger partial charge in [-0.15, -0.1) is 0 Å². The summed E-state index contributed by atoms with van der Waals surface area (Å²) in [5.41, 5.74) is 0.554. The van der Waals surface area contributed by atoms with Crippen molar-refractivity contribution in [2.75, 3.05) is 19.6 Å². The summed E-state index contributed by atoms with van der Waals surface area (Å²) >= 11 is 0. The van der Waals surface area contributed by atoms with Crippen LogP contribution in [0.2, 0.25) is 0 Å². The van der Waals surface area contributed by atoms with Crippen molar-refractivity contribution < 1.29 is 13.2 Å². The lowest BCUT2D eigenvalue weighted by Gasteiger charge is -2.23. The van der Waals surface area contributed by atoms with E-state index in [4.69, 9.17) is 0 Å². The van der Waals surface area contributed by atoms with Gasteiger partial charge in [0.05, 0.1) is 22.9 Å². The molecule has 0 radical (unpaired) electrons. The maximum atomic E-state index is 13.0. The minimum absolute atomic E-state index is 0.415. The van der Waals surface area contributed by atoms with E-state index >= 15 is 0 Å². The number of benzene rings is 1. The third kappa shape index (κ3) is 9.51. The van der Waals surface area contributed by atoms with E-state index in [0.29, 0.717) is 5.52 Å². The fraction of sp³-hybridized carbons (Fsp3) is 0.731. The van der Waals surface area contributed by atoms with E-state index in [9.17, 15) is 13.2 Å². The summed E-state index contributed by atoms with van der Waals surface area (Å²) in [6.45, 7) is 8.36. The second kappa shape index (κ2) is 14.6. The zero-order chi connectivity index (χ0) is 23.2. The standard InChI is InChI=1S/C26H42F3N3/c1-3-5-7-9-11-13-17-31(18-14-12-10-8-6-4-2)19-20-32-22-30-24-21-23(26(27,28)29)15-16-25(24)32/h15-16,21-22H,3-14,17-20H2,1-2H3. The van der Waals surface area contributed by atoms with Crippen molar-refractivity contribution in [2.24, 2.45) is 0 Å². The SMILES string of the molecule is CCCCCCCCN(CCCCCCCC)CCn1cnc2cc(C(F)(F)F)ccc21. The molecule has 6 heteroatoms. The highest BCUT2D eigenvalue weighted by atomic mass is 19.4. The summed E-state index contributed by atoms with van der Waals surface area (Å²) in [6.07, 6.45) is 12.8. The van der Waals surface area contributed by atoms with Crippen LogP contribution >= 0.6 is 0 Å². The molecule has 0 spiro atoms. The lowest BCUT2D eigenvalue weighted by atomic mass is 10.1. The topological polar surface area (TPSA) is 21.1 Å². The quantitative estimate of drug-likeness (QED) is 0.226. The largest absolute Gasteiger partial charge is 0.416 e. The Morgan fingerprint density at radius 3 is 1.91 bits per heavy atom. The maximum Gasteiger partial charge on any atom is 0.416 e. The van der Waals surface area contributed by atoms with Gasteiger partial charge in [-0.1, -0.05) is 78.1 Å². The van der Waals surface area contributed by atoms with E-state index in [2.05, 4.69) is 23.7 Å². The zero-order valence-corrected chi connectivity index (χ0v) is 20.1. The average Bonchev–Trinajstić information content (AvgIpc) is 3.18. The number of rotatable bonds is 17. The molecule has 182 valence electrons. The second-order valence-corrected chi connectivity index (χ2v) is 9.02. The van der Waals surface area contributed by atoms with Gasteiger partial charge in [0.15, 0.2) is 0 Å². The predicted octanol–water partition coefficient (Wildman–Crippen LogP) is 8.08. The first-order chi connectivity index (χ1) is 15.5. The van der Waals surface area contributed by atoms with Crippen molar-refractivity contribution in [3.63, 3.8) is 0 Å². The Kier molecular flexibility index (Phi) is 12.1. The summed E-state index contributed by atoms with van der Waals surface area (Å²) in [7, 11) is 0. The van der Waals surface area contributed by atoms with Crippen LogP contribution in [0.15, 0.2) is 24.5 Å². The number of unbranched alkanes of at least 4 members (excludes halogenated alkanes) is 10. The van der Waals surface area contributed by atoms with Gasteiger partial charge in [0.1, 0.15) is 0 Å². The molecule has 32 heavy (non-hydrogen) atoms. The second-order valence-electron chi connectivity index (χ2n) is 9.02. The van der Waals surface area contributed by atoms with Crippen LogP contribution in [0.5, 0.6) is 0 Å². The Balaban J connectivity index is 1.87. The minimum atomic E-state index is -4.33. The third-order valence-electron chi connectivity index (χ3n) is 6.26. The first-order valence-electron chi connectivity index (χ1n) is 12.7. The van der Waals surface area contributed by atoms with E-state index in [0.717, 1.165) is 43.8 Å². The first-order valence-corrected chi connectivity index (χ1v) is 12.7. The molecule has 0 N–H and O–H groups in total. The van der Waals surface area contributed by atoms with E-state index in [1.807, 2.05) is 4.57 Å². The molecule has 0 fully saturated rings. The number of aromatic nitrogens is 2. The number of fused-ring (bicyclic) bond motifs is 1. The van der Waals surface area contributed by atoms with Crippen molar-refractivity contribution in [1.82, 2.24) is 14.5 Å². The van der Waals surface area contributed by atoms with Crippen LogP contribution in [0.4, 0.5) is 13.2 Å². The molecule has 0 saturated heterocycles. The third-order valence-corrected chi connectivity index (χ3v) is 6.26. The Morgan fingerprint density at radius 1 is 0.781 bits per heavy atom. The Bertz CT molecular complexity index is 738. The fourth-order valence-electron chi connectivity index (χ4n) is 4.23. The van der Waals surface area contributed by atoms with Crippen LogP contribution in [-0.4, -0.2) is 34.1 Å². The predicted molar refractivity (Wildman–Crippen MR) is 128 cm³/mol. The number of imidazole rings is 1. The molecule has 1 aromatic heterocycles.